The Labute approximate surface area is 678 Å². The molecule has 5 aromatic carbocycles. The molecule has 0 fully saturated rings. The molecule has 0 aliphatic carbocycles. The number of thioether (sulfide) groups is 1. The normalized spacial score (nSPS) is 13.1. The first-order chi connectivity index (χ1) is 55.1. The van der Waals surface area contributed by atoms with Crippen LogP contribution in [0.1, 0.15) is 95.8 Å². The molecule has 0 unspecified atom stereocenters. The lowest BCUT2D eigenvalue weighted by atomic mass is 9.84. The number of hydrogen-bond donors (Lipinski definition) is 12. The molecule has 6 aromatic rings. The van der Waals surface area contributed by atoms with E-state index in [1.165, 1.54) is 11.8 Å². The van der Waals surface area contributed by atoms with Crippen LogP contribution in [0.4, 0.5) is 0 Å². The standard InChI is InChI=1S/C40H58N6O5.C35H43N5O17S5/c1-4-24-48-27-29-50-30-28-49-25-15-22-41-37(47)20-11-13-23-46-39(43-44-45-46)40(2,3)21-12-14-26-51-38-32-35(33-16-7-5-8-17-33)31-36(42-38)34-18-9-6-10-19-34;1-2-36-31(42)26(18-59-54-50-46)38-33(44)28(20-61-56-52-48)40-34(45)29(21-62-57-53-49)39-32(43)27(19-60-55-51-47)37-30(41)22-58-35(23-12-6-3-7-13-23,24-14-8-4-9-15-24)25-16-10-5-11-17-25/h5-10,16-19,31-32,44-45H,4,11-15,20-30H2,1-3H3,(H,41,47);3-17,26-29,46-49H,2,18-22H2,1H3,(H,36,42)(H,37,41)(H,38,44)(H,39,43)(H,40,45)/t;26-,27-,28-,29-/m.0/s1. The van der Waals surface area contributed by atoms with Crippen LogP contribution in [0.25, 0.3) is 22.4 Å². The Bertz CT molecular complexity index is 3550. The first-order valence-corrected chi connectivity index (χ1v) is 41.0. The summed E-state index contributed by atoms with van der Waals surface area (Å²) in [4.78, 5) is 84.7. The smallest absolute Gasteiger partial charge is 0.244 e. The van der Waals surface area contributed by atoms with E-state index >= 15 is 0 Å². The van der Waals surface area contributed by atoms with Gasteiger partial charge in [-0.2, -0.15) is 0 Å². The van der Waals surface area contributed by atoms with Crippen LogP contribution in [-0.4, -0.2) is 191 Å². The number of carbonyl (C=O) groups is 6. The van der Waals surface area contributed by atoms with Crippen LogP contribution in [0.3, 0.4) is 0 Å². The van der Waals surface area contributed by atoms with E-state index in [0.29, 0.717) is 107 Å². The van der Waals surface area contributed by atoms with Crippen LogP contribution < -0.4 is 47.7 Å². The maximum atomic E-state index is 13.9. The Hall–Kier alpha value is -7.75. The number of hydrazine groups is 2. The minimum atomic E-state index is -1.60. The van der Waals surface area contributed by atoms with Crippen LogP contribution in [0, 0.1) is 5.41 Å². The maximum Gasteiger partial charge on any atom is 0.244 e. The average molecular weight is 1670 g/mol. The number of hydrazone groups is 1. The summed E-state index contributed by atoms with van der Waals surface area (Å²) in [5, 5.41) is 70.9. The van der Waals surface area contributed by atoms with Crippen molar-refractivity contribution in [3.63, 3.8) is 0 Å². The zero-order valence-corrected chi connectivity index (χ0v) is 67.3. The lowest BCUT2D eigenvalue weighted by Gasteiger charge is -2.35. The number of carbonyl (C=O) groups excluding carboxylic acids is 6. The number of aromatic nitrogens is 1. The fraction of sp³-hybridized carbons (Fsp3) is 0.440. The summed E-state index contributed by atoms with van der Waals surface area (Å²) >= 11 is 2.93. The first-order valence-electron chi connectivity index (χ1n) is 36.4. The van der Waals surface area contributed by atoms with Crippen molar-refractivity contribution in [3.05, 3.63) is 180 Å². The third kappa shape index (κ3) is 34.7. The zero-order chi connectivity index (χ0) is 81.0. The second kappa shape index (κ2) is 55.7. The number of rotatable bonds is 57. The topological polar surface area (TPSA) is 419 Å². The van der Waals surface area contributed by atoms with E-state index in [4.69, 9.17) is 45.0 Å². The van der Waals surface area contributed by atoms with Crippen LogP contribution in [0.5, 0.6) is 5.88 Å². The molecule has 0 radical (unpaired) electrons. The average Bonchev–Trinajstić information content (AvgIpc) is 1.24. The van der Waals surface area contributed by atoms with Crippen molar-refractivity contribution in [2.45, 2.75) is 108 Å². The fourth-order valence-corrected chi connectivity index (χ4v) is 14.5. The van der Waals surface area contributed by atoms with Gasteiger partial charge >= 0.3 is 0 Å². The van der Waals surface area contributed by atoms with Gasteiger partial charge in [0.2, 0.25) is 41.3 Å². The van der Waals surface area contributed by atoms with Crippen molar-refractivity contribution in [3.8, 4) is 28.3 Å². The van der Waals surface area contributed by atoms with Gasteiger partial charge in [-0.25, -0.2) is 31.5 Å². The van der Waals surface area contributed by atoms with Crippen LogP contribution in [0.2, 0.25) is 0 Å². The third-order valence-corrected chi connectivity index (χ3v) is 20.7. The number of nitrogens with one attached hydrogen (secondary N) is 8. The fourth-order valence-electron chi connectivity index (χ4n) is 11.2. The quantitative estimate of drug-likeness (QED) is 0.00555. The molecule has 0 saturated carbocycles. The summed E-state index contributed by atoms with van der Waals surface area (Å²) in [6, 6.07) is 47.4. The maximum absolute atomic E-state index is 13.9. The number of ether oxygens (including phenoxy) is 4. The molecule has 0 spiro atoms. The number of unbranched alkanes of at least 4 members (excludes halogenated alkanes) is 2. The van der Waals surface area contributed by atoms with E-state index in [1.807, 2.05) is 133 Å². The number of hydrogen-bond acceptors (Lipinski definition) is 32. The van der Waals surface area contributed by atoms with Crippen molar-refractivity contribution in [2.24, 2.45) is 10.5 Å². The summed E-state index contributed by atoms with van der Waals surface area (Å²) in [7, 11) is 0. The van der Waals surface area contributed by atoms with E-state index in [1.54, 1.807) is 6.92 Å². The van der Waals surface area contributed by atoms with Crippen LogP contribution in [0.15, 0.2) is 169 Å². The number of amidine groups is 1. The van der Waals surface area contributed by atoms with Crippen molar-refractivity contribution >= 4 is 101 Å². The molecule has 113 heavy (non-hydrogen) atoms. The second-order valence-corrected chi connectivity index (χ2v) is 29.3. The molecule has 1 aliphatic rings. The van der Waals surface area contributed by atoms with E-state index < -0.39 is 70.0 Å². The lowest BCUT2D eigenvalue weighted by molar-refractivity contribution is -0.432. The Morgan fingerprint density at radius 2 is 0.947 bits per heavy atom. The number of likely N-dealkylation sites (N-methyl/N-ethyl adjacent to an activating group) is 1. The molecule has 0 bridgehead atoms. The molecular weight excluding hydrogens is 1570 g/mol. The molecule has 618 valence electrons. The highest BCUT2D eigenvalue weighted by atomic mass is 32.2. The highest BCUT2D eigenvalue weighted by Gasteiger charge is 2.39. The van der Waals surface area contributed by atoms with E-state index in [9.17, 15) is 28.8 Å². The van der Waals surface area contributed by atoms with Gasteiger partial charge in [-0.3, -0.25) is 33.8 Å². The van der Waals surface area contributed by atoms with Gasteiger partial charge in [-0.05, 0) is 85.8 Å². The highest BCUT2D eigenvalue weighted by Crippen LogP contribution is 2.48. The van der Waals surface area contributed by atoms with Gasteiger partial charge < -0.3 is 50.8 Å². The molecule has 1 aromatic heterocycles. The van der Waals surface area contributed by atoms with Gasteiger partial charge in [0.05, 0.1) is 72.2 Å². The van der Waals surface area contributed by atoms with Gasteiger partial charge in [0.1, 0.15) is 30.0 Å². The SMILES string of the molecule is CCCOCCOCCOCCCNC(=O)CCCCN1NNN=C1C(C)(C)CCCCOc1cc(-c2ccccc2)cc(-c2ccccc2)n1.CCNC(=O)[C@H](CSOOO)NC(=O)[C@H](CSOOO)NC(=O)[C@H](CSOOO)NC(=O)[C@H](CSOOO)NC(=O)CSC(c1ccccc1)(c1ccccc1)c1ccccc1. The summed E-state index contributed by atoms with van der Waals surface area (Å²) in [5.41, 5.74) is 12.8. The molecule has 12 N–H and O–H groups in total. The van der Waals surface area contributed by atoms with Gasteiger partial charge in [0.15, 0.2) is 0 Å². The molecule has 33 nitrogen and oxygen atoms in total. The number of nitrogens with zero attached hydrogens (tertiary/aromatic N) is 3. The predicted octanol–water partition coefficient (Wildman–Crippen LogP) is 9.83. The summed E-state index contributed by atoms with van der Waals surface area (Å²) in [6.45, 7) is 14.0. The zero-order valence-electron chi connectivity index (χ0n) is 63.2. The van der Waals surface area contributed by atoms with Gasteiger partial charge in [-0.1, -0.05) is 193 Å². The number of benzene rings is 5. The van der Waals surface area contributed by atoms with Crippen LogP contribution in [-0.2, 0) is 85.2 Å². The Morgan fingerprint density at radius 1 is 0.487 bits per heavy atom. The molecule has 2 heterocycles. The molecular formula is C75H101N11O22S5. The molecule has 7 rings (SSSR count). The highest BCUT2D eigenvalue weighted by molar-refractivity contribution is 8.01. The molecule has 1 aliphatic heterocycles. The van der Waals surface area contributed by atoms with Gasteiger partial charge in [0.25, 0.3) is 0 Å². The number of pyridine rings is 1. The minimum Gasteiger partial charge on any atom is -0.478 e. The number of amides is 6. The van der Waals surface area contributed by atoms with Crippen molar-refractivity contribution in [1.29, 1.82) is 0 Å². The van der Waals surface area contributed by atoms with E-state index in [2.05, 4.69) is 142 Å². The Morgan fingerprint density at radius 3 is 1.43 bits per heavy atom. The summed E-state index contributed by atoms with van der Waals surface area (Å²) < 4.78 is 39.3. The van der Waals surface area contributed by atoms with E-state index in [-0.39, 0.29) is 35.1 Å². The molecule has 0 saturated heterocycles. The third-order valence-electron chi connectivity index (χ3n) is 16.7. The summed E-state index contributed by atoms with van der Waals surface area (Å²) in [5.74, 6) is -4.34. The van der Waals surface area contributed by atoms with Gasteiger partial charge in [-0.15, -0.1) is 39.7 Å². The monoisotopic (exact) mass is 1670 g/mol. The van der Waals surface area contributed by atoms with Crippen molar-refractivity contribution < 1.29 is 106 Å². The second-order valence-electron chi connectivity index (χ2n) is 25.3. The Kier molecular flexibility index (Phi) is 46.4. The Balaban J connectivity index is 0.000000358. The summed E-state index contributed by atoms with van der Waals surface area (Å²) in [6.07, 6.45) is 6.82. The minimum absolute atomic E-state index is 0.0765. The first kappa shape index (κ1) is 94.1. The van der Waals surface area contributed by atoms with E-state index in [0.717, 1.165) is 103 Å². The molecule has 4 atom stereocenters. The van der Waals surface area contributed by atoms with Crippen molar-refractivity contribution in [2.75, 3.05) is 94.6 Å². The van der Waals surface area contributed by atoms with Crippen molar-refractivity contribution in [1.82, 2.24) is 53.0 Å². The molecule has 38 heteroatoms. The predicted molar refractivity (Wildman–Crippen MR) is 430 cm³/mol. The molecule has 6 amide bonds. The lowest BCUT2D eigenvalue weighted by Crippen LogP contribution is -2.60. The van der Waals surface area contributed by atoms with Crippen LogP contribution >= 0.6 is 59.9 Å². The van der Waals surface area contributed by atoms with Gasteiger partial charge in [0, 0.05) is 104 Å². The largest absolute Gasteiger partial charge is 0.478 e.